The Morgan fingerprint density at radius 1 is 0.370 bits per heavy atom. The molecule has 0 bridgehead atoms. The van der Waals surface area contributed by atoms with Crippen LogP contribution in [0.4, 0.5) is 0 Å². The van der Waals surface area contributed by atoms with Crippen LogP contribution >= 0.6 is 0 Å². The van der Waals surface area contributed by atoms with Crippen LogP contribution in [0.3, 0.4) is 0 Å². The van der Waals surface area contributed by atoms with Crippen molar-refractivity contribution in [3.8, 4) is 0 Å². The minimum atomic E-state index is 1.23. The molecule has 0 aliphatic rings. The second-order valence-electron chi connectivity index (χ2n) is 15.2. The van der Waals surface area contributed by atoms with Crippen LogP contribution in [0.1, 0.15) is 251 Å². The van der Waals surface area contributed by atoms with E-state index < -0.39 is 0 Å². The first-order valence-corrected chi connectivity index (χ1v) is 21.9. The van der Waals surface area contributed by atoms with Gasteiger partial charge >= 0.3 is 0 Å². The molecule has 0 aliphatic heterocycles. The van der Waals surface area contributed by atoms with E-state index in [1.807, 2.05) is 0 Å². The molecule has 0 radical (unpaired) electrons. The van der Waals surface area contributed by atoms with Gasteiger partial charge in [-0.05, 0) is 32.1 Å². The number of rotatable bonds is 38. The van der Waals surface area contributed by atoms with Crippen molar-refractivity contribution in [3.05, 3.63) is 18.2 Å². The first kappa shape index (κ1) is 43.2. The van der Waals surface area contributed by atoms with Crippen molar-refractivity contribution >= 4 is 0 Å². The van der Waals surface area contributed by atoms with Crippen LogP contribution in [0.5, 0.6) is 0 Å². The van der Waals surface area contributed by atoms with Crippen molar-refractivity contribution in [3.63, 3.8) is 0 Å². The van der Waals surface area contributed by atoms with Crippen LogP contribution in [0.2, 0.25) is 0 Å². The predicted molar refractivity (Wildman–Crippen MR) is 207 cm³/mol. The Morgan fingerprint density at radius 2 is 0.674 bits per heavy atom. The summed E-state index contributed by atoms with van der Waals surface area (Å²) in [5.41, 5.74) is 0. The van der Waals surface area contributed by atoms with Gasteiger partial charge in [0.2, 0.25) is 0 Å². The SMILES string of the molecule is CCCCCCCCCCCCCCCCCCCc1n(CCCCCCCCCC)cc[n+]1CCCCCCCCCCCC. The molecule has 0 amide bonds. The summed E-state index contributed by atoms with van der Waals surface area (Å²) in [4.78, 5) is 0. The van der Waals surface area contributed by atoms with Gasteiger partial charge in [-0.15, -0.1) is 0 Å². The molecule has 2 nitrogen and oxygen atoms in total. The van der Waals surface area contributed by atoms with Crippen molar-refractivity contribution in [1.82, 2.24) is 4.57 Å². The summed E-state index contributed by atoms with van der Waals surface area (Å²) >= 11 is 0. The lowest BCUT2D eigenvalue weighted by molar-refractivity contribution is -0.704. The lowest BCUT2D eigenvalue weighted by Gasteiger charge is -2.07. The van der Waals surface area contributed by atoms with Gasteiger partial charge in [0.15, 0.2) is 0 Å². The quantitative estimate of drug-likeness (QED) is 0.0501. The molecule has 1 aromatic heterocycles. The molecule has 0 spiro atoms. The average Bonchev–Trinajstić information content (AvgIpc) is 3.45. The van der Waals surface area contributed by atoms with Crippen molar-refractivity contribution < 1.29 is 4.57 Å². The molecule has 1 rings (SSSR count). The fourth-order valence-corrected chi connectivity index (χ4v) is 7.39. The number of unbranched alkanes of at least 4 members (excludes halogenated alkanes) is 32. The minimum Gasteiger partial charge on any atom is -0.234 e. The maximum atomic E-state index is 2.64. The van der Waals surface area contributed by atoms with Gasteiger partial charge in [0.05, 0.1) is 13.1 Å². The van der Waals surface area contributed by atoms with Gasteiger partial charge < -0.3 is 0 Å². The van der Waals surface area contributed by atoms with E-state index in [9.17, 15) is 0 Å². The monoisotopic (exact) mass is 644 g/mol. The summed E-state index contributed by atoms with van der Waals surface area (Å²) < 4.78 is 5.28. The fourth-order valence-electron chi connectivity index (χ4n) is 7.39. The molecular formula is C44H87N2+. The van der Waals surface area contributed by atoms with Gasteiger partial charge in [0, 0.05) is 6.42 Å². The van der Waals surface area contributed by atoms with Gasteiger partial charge in [-0.25, -0.2) is 9.13 Å². The summed E-state index contributed by atoms with van der Waals surface area (Å²) in [6.45, 7) is 9.41. The van der Waals surface area contributed by atoms with E-state index >= 15 is 0 Å². The van der Waals surface area contributed by atoms with E-state index in [-0.39, 0.29) is 0 Å². The molecule has 0 saturated heterocycles. The lowest BCUT2D eigenvalue weighted by atomic mass is 10.0. The standard InChI is InChI=1S/C44H87N2/c1-4-7-10-13-16-19-21-22-23-24-25-26-27-28-30-33-36-39-44-45(40-37-34-31-18-15-12-9-6-3)42-43-46(44)41-38-35-32-29-20-17-14-11-8-5-2/h42-43H,4-41H2,1-3H3/q+1. The Bertz CT molecular complexity index is 707. The number of imidazole rings is 1. The zero-order valence-electron chi connectivity index (χ0n) is 32.4. The van der Waals surface area contributed by atoms with Gasteiger partial charge in [0.25, 0.3) is 5.82 Å². The Balaban J connectivity index is 2.22. The first-order valence-electron chi connectivity index (χ1n) is 21.9. The molecular weight excluding hydrogens is 556 g/mol. The maximum Gasteiger partial charge on any atom is 0.256 e. The zero-order valence-corrected chi connectivity index (χ0v) is 32.4. The second-order valence-corrected chi connectivity index (χ2v) is 15.2. The summed E-state index contributed by atoms with van der Waals surface area (Å²) in [6.07, 6.45) is 56.4. The van der Waals surface area contributed by atoms with Crippen molar-refractivity contribution in [2.75, 3.05) is 0 Å². The van der Waals surface area contributed by atoms with Crippen LogP contribution in [-0.2, 0) is 19.5 Å². The Hall–Kier alpha value is -0.790. The van der Waals surface area contributed by atoms with Crippen LogP contribution in [0.15, 0.2) is 12.4 Å². The Morgan fingerprint density at radius 3 is 1.04 bits per heavy atom. The largest absolute Gasteiger partial charge is 0.256 e. The molecule has 2 heteroatoms. The molecule has 0 unspecified atom stereocenters. The molecule has 1 heterocycles. The number of aryl methyl sites for hydroxylation is 2. The highest BCUT2D eigenvalue weighted by Gasteiger charge is 2.16. The average molecular weight is 644 g/mol. The minimum absolute atomic E-state index is 1.23. The van der Waals surface area contributed by atoms with E-state index in [1.54, 1.807) is 5.82 Å². The van der Waals surface area contributed by atoms with Crippen LogP contribution in [-0.4, -0.2) is 4.57 Å². The Kier molecular flexibility index (Phi) is 33.4. The van der Waals surface area contributed by atoms with Crippen molar-refractivity contribution in [2.45, 2.75) is 265 Å². The van der Waals surface area contributed by atoms with Crippen LogP contribution in [0.25, 0.3) is 0 Å². The van der Waals surface area contributed by atoms with E-state index in [2.05, 4.69) is 42.3 Å². The number of hydrogen-bond donors (Lipinski definition) is 0. The lowest BCUT2D eigenvalue weighted by Crippen LogP contribution is -2.37. The number of nitrogens with zero attached hydrogens (tertiary/aromatic N) is 2. The third-order valence-corrected chi connectivity index (χ3v) is 10.6. The number of hydrogen-bond acceptors (Lipinski definition) is 0. The molecule has 0 aliphatic carbocycles. The molecule has 0 N–H and O–H groups in total. The highest BCUT2D eigenvalue weighted by molar-refractivity contribution is 4.84. The van der Waals surface area contributed by atoms with Gasteiger partial charge in [-0.2, -0.15) is 0 Å². The van der Waals surface area contributed by atoms with Gasteiger partial charge in [-0.3, -0.25) is 0 Å². The normalized spacial score (nSPS) is 11.6. The summed E-state index contributed by atoms with van der Waals surface area (Å²) in [7, 11) is 0. The summed E-state index contributed by atoms with van der Waals surface area (Å²) in [6, 6.07) is 0. The van der Waals surface area contributed by atoms with Gasteiger partial charge in [-0.1, -0.05) is 213 Å². The summed E-state index contributed by atoms with van der Waals surface area (Å²) in [5.74, 6) is 1.62. The van der Waals surface area contributed by atoms with Crippen LogP contribution in [0, 0.1) is 0 Å². The topological polar surface area (TPSA) is 8.81 Å². The molecule has 0 fully saturated rings. The summed E-state index contributed by atoms with van der Waals surface area (Å²) in [5, 5.41) is 0. The molecule has 0 atom stereocenters. The molecule has 1 aromatic rings. The molecule has 0 aromatic carbocycles. The predicted octanol–water partition coefficient (Wildman–Crippen LogP) is 15.0. The van der Waals surface area contributed by atoms with Crippen LogP contribution < -0.4 is 4.57 Å². The maximum absolute atomic E-state index is 2.64. The third-order valence-electron chi connectivity index (χ3n) is 10.6. The molecule has 272 valence electrons. The molecule has 46 heavy (non-hydrogen) atoms. The van der Waals surface area contributed by atoms with Gasteiger partial charge in [0.1, 0.15) is 12.4 Å². The first-order chi connectivity index (χ1) is 22.8. The highest BCUT2D eigenvalue weighted by atomic mass is 15.1. The highest BCUT2D eigenvalue weighted by Crippen LogP contribution is 2.16. The Labute approximate surface area is 291 Å². The third kappa shape index (κ3) is 27.2. The molecule has 0 saturated carbocycles. The number of aromatic nitrogens is 2. The van der Waals surface area contributed by atoms with E-state index in [0.717, 1.165) is 0 Å². The van der Waals surface area contributed by atoms with Crippen molar-refractivity contribution in [1.29, 1.82) is 0 Å². The smallest absolute Gasteiger partial charge is 0.234 e. The van der Waals surface area contributed by atoms with E-state index in [1.165, 1.54) is 244 Å². The van der Waals surface area contributed by atoms with Crippen molar-refractivity contribution in [2.24, 2.45) is 0 Å². The van der Waals surface area contributed by atoms with E-state index in [0.29, 0.717) is 0 Å². The zero-order chi connectivity index (χ0) is 33.0. The fraction of sp³-hybridized carbons (Fsp3) is 0.932. The second kappa shape index (κ2) is 35.5. The van der Waals surface area contributed by atoms with E-state index in [4.69, 9.17) is 0 Å².